The Kier molecular flexibility index (Phi) is 3.59. The third-order valence-corrected chi connectivity index (χ3v) is 3.82. The summed E-state index contributed by atoms with van der Waals surface area (Å²) in [6.45, 7) is 0. The lowest BCUT2D eigenvalue weighted by Gasteiger charge is -2.07. The van der Waals surface area contributed by atoms with Crippen molar-refractivity contribution in [3.8, 4) is 5.75 Å². The summed E-state index contributed by atoms with van der Waals surface area (Å²) in [5, 5.41) is 0. The molecule has 0 bridgehead atoms. The Hall–Kier alpha value is -2.75. The summed E-state index contributed by atoms with van der Waals surface area (Å²) in [5.41, 5.74) is 1.41. The normalized spacial score (nSPS) is 14.0. The second-order valence-electron chi connectivity index (χ2n) is 5.20. The lowest BCUT2D eigenvalue weighted by atomic mass is 9.93. The van der Waals surface area contributed by atoms with E-state index in [1.165, 1.54) is 0 Å². The van der Waals surface area contributed by atoms with Crippen molar-refractivity contribution in [1.29, 1.82) is 0 Å². The van der Waals surface area contributed by atoms with Crippen molar-refractivity contribution in [3.05, 3.63) is 65.2 Å². The smallest absolute Gasteiger partial charge is 0.181 e. The van der Waals surface area contributed by atoms with Crippen molar-refractivity contribution in [3.63, 3.8) is 0 Å². The largest absolute Gasteiger partial charge is 0.497 e. The van der Waals surface area contributed by atoms with Crippen LogP contribution in [0.25, 0.3) is 0 Å². The van der Waals surface area contributed by atoms with Gasteiger partial charge in [-0.05, 0) is 17.7 Å². The molecule has 0 atom stereocenters. The second kappa shape index (κ2) is 5.56. The maximum atomic E-state index is 12.4. The second-order valence-corrected chi connectivity index (χ2v) is 5.20. The molecule has 1 aliphatic rings. The Morgan fingerprint density at radius 2 is 1.64 bits per heavy atom. The van der Waals surface area contributed by atoms with Crippen molar-refractivity contribution in [2.24, 2.45) is 5.92 Å². The Labute approximate surface area is 127 Å². The number of ether oxygens (including phenoxy) is 1. The highest BCUT2D eigenvalue weighted by molar-refractivity contribution is 6.35. The third-order valence-electron chi connectivity index (χ3n) is 3.82. The molecule has 2 aromatic rings. The molecule has 0 saturated carbocycles. The molecule has 0 saturated heterocycles. The molecule has 3 rings (SSSR count). The minimum absolute atomic E-state index is 0.0351. The predicted molar refractivity (Wildman–Crippen MR) is 80.3 cm³/mol. The van der Waals surface area contributed by atoms with Crippen LogP contribution < -0.4 is 4.74 Å². The molecule has 0 radical (unpaired) electrons. The molecule has 0 amide bonds. The van der Waals surface area contributed by atoms with Crippen LogP contribution in [0.2, 0.25) is 0 Å². The molecule has 0 aromatic heterocycles. The van der Waals surface area contributed by atoms with Crippen LogP contribution in [0.3, 0.4) is 0 Å². The fourth-order valence-electron chi connectivity index (χ4n) is 2.72. The molecular weight excluding hydrogens is 280 g/mol. The Morgan fingerprint density at radius 1 is 1.00 bits per heavy atom. The molecule has 110 valence electrons. The zero-order chi connectivity index (χ0) is 15.7. The molecule has 22 heavy (non-hydrogen) atoms. The molecule has 0 aliphatic heterocycles. The number of ketones is 3. The summed E-state index contributed by atoms with van der Waals surface area (Å²) in [4.78, 5) is 37.0. The van der Waals surface area contributed by atoms with E-state index in [0.29, 0.717) is 16.9 Å². The first-order valence-corrected chi connectivity index (χ1v) is 6.95. The van der Waals surface area contributed by atoms with Gasteiger partial charge in [0.15, 0.2) is 17.3 Å². The van der Waals surface area contributed by atoms with Crippen LogP contribution in [0.5, 0.6) is 5.75 Å². The number of fused-ring (bicyclic) bond motifs is 1. The van der Waals surface area contributed by atoms with Gasteiger partial charge in [-0.15, -0.1) is 0 Å². The molecule has 0 heterocycles. The highest BCUT2D eigenvalue weighted by Crippen LogP contribution is 2.28. The first-order chi connectivity index (χ1) is 10.6. The van der Waals surface area contributed by atoms with Crippen LogP contribution in [0.15, 0.2) is 48.5 Å². The van der Waals surface area contributed by atoms with Crippen molar-refractivity contribution < 1.29 is 19.1 Å². The zero-order valence-electron chi connectivity index (χ0n) is 12.0. The van der Waals surface area contributed by atoms with Crippen LogP contribution >= 0.6 is 0 Å². The number of carbonyl (C=O) groups excluding carboxylic acids is 3. The monoisotopic (exact) mass is 294 g/mol. The van der Waals surface area contributed by atoms with Crippen molar-refractivity contribution in [2.45, 2.75) is 6.42 Å². The summed E-state index contributed by atoms with van der Waals surface area (Å²) in [7, 11) is 1.54. The van der Waals surface area contributed by atoms with E-state index in [9.17, 15) is 14.4 Å². The summed E-state index contributed by atoms with van der Waals surface area (Å²) >= 11 is 0. The van der Waals surface area contributed by atoms with Gasteiger partial charge in [0.05, 0.1) is 7.11 Å². The van der Waals surface area contributed by atoms with Gasteiger partial charge in [-0.2, -0.15) is 0 Å². The molecular formula is C18H14O4. The van der Waals surface area contributed by atoms with Gasteiger partial charge < -0.3 is 4.74 Å². The average Bonchev–Trinajstić information content (AvgIpc) is 2.79. The first kappa shape index (κ1) is 14.2. The Bertz CT molecular complexity index is 741. The average molecular weight is 294 g/mol. The van der Waals surface area contributed by atoms with E-state index >= 15 is 0 Å². The van der Waals surface area contributed by atoms with Gasteiger partial charge in [0.1, 0.15) is 11.7 Å². The van der Waals surface area contributed by atoms with E-state index in [2.05, 4.69) is 0 Å². The highest BCUT2D eigenvalue weighted by Gasteiger charge is 2.42. The highest BCUT2D eigenvalue weighted by atomic mass is 16.5. The summed E-state index contributed by atoms with van der Waals surface area (Å²) in [6.07, 6.45) is 0.0351. The number of methoxy groups -OCH3 is 1. The molecule has 2 aromatic carbocycles. The van der Waals surface area contributed by atoms with E-state index < -0.39 is 17.5 Å². The van der Waals surface area contributed by atoms with Crippen LogP contribution in [0.4, 0.5) is 0 Å². The maximum absolute atomic E-state index is 12.4. The number of rotatable bonds is 4. The quantitative estimate of drug-likeness (QED) is 0.813. The van der Waals surface area contributed by atoms with Gasteiger partial charge in [0.25, 0.3) is 0 Å². The van der Waals surface area contributed by atoms with E-state index in [4.69, 9.17) is 4.74 Å². The molecule has 4 nitrogen and oxygen atoms in total. The molecule has 0 N–H and O–H groups in total. The first-order valence-electron chi connectivity index (χ1n) is 6.95. The summed E-state index contributed by atoms with van der Waals surface area (Å²) in [6, 6.07) is 13.6. The number of Topliss-reactive ketones (excluding diaryl/α,β-unsaturated/α-hetero) is 3. The Morgan fingerprint density at radius 3 is 2.23 bits per heavy atom. The van der Waals surface area contributed by atoms with Crippen molar-refractivity contribution in [2.75, 3.05) is 7.11 Å². The van der Waals surface area contributed by atoms with Gasteiger partial charge in [-0.1, -0.05) is 36.4 Å². The van der Waals surface area contributed by atoms with E-state index in [1.54, 1.807) is 55.6 Å². The van der Waals surface area contributed by atoms with E-state index in [1.807, 2.05) is 0 Å². The third kappa shape index (κ3) is 2.33. The molecule has 4 heteroatoms. The van der Waals surface area contributed by atoms with E-state index in [0.717, 1.165) is 5.56 Å². The van der Waals surface area contributed by atoms with Crippen molar-refractivity contribution >= 4 is 17.3 Å². The lowest BCUT2D eigenvalue weighted by Crippen LogP contribution is -2.27. The number of hydrogen-bond donors (Lipinski definition) is 0. The van der Waals surface area contributed by atoms with Crippen LogP contribution in [0.1, 0.15) is 26.3 Å². The molecule has 1 aliphatic carbocycles. The summed E-state index contributed by atoms with van der Waals surface area (Å²) < 4.78 is 5.11. The van der Waals surface area contributed by atoms with Crippen molar-refractivity contribution in [1.82, 2.24) is 0 Å². The van der Waals surface area contributed by atoms with Gasteiger partial charge in [0.2, 0.25) is 0 Å². The molecule has 0 unspecified atom stereocenters. The van der Waals surface area contributed by atoms with Gasteiger partial charge in [-0.25, -0.2) is 0 Å². The van der Waals surface area contributed by atoms with Crippen LogP contribution in [-0.4, -0.2) is 24.5 Å². The van der Waals surface area contributed by atoms with Crippen LogP contribution in [0, 0.1) is 5.92 Å². The van der Waals surface area contributed by atoms with Gasteiger partial charge in [0, 0.05) is 17.5 Å². The lowest BCUT2D eigenvalue weighted by molar-refractivity contribution is -0.119. The van der Waals surface area contributed by atoms with E-state index in [-0.39, 0.29) is 12.2 Å². The number of hydrogen-bond acceptors (Lipinski definition) is 4. The number of benzene rings is 2. The fourth-order valence-corrected chi connectivity index (χ4v) is 2.72. The molecule has 0 spiro atoms. The van der Waals surface area contributed by atoms with Crippen LogP contribution in [-0.2, 0) is 11.2 Å². The standard InChI is InChI=1S/C18H14O4/c1-22-12-6-4-5-11(9-12)10-15(19)16-17(20)13-7-2-3-8-14(13)18(16)21/h2-9,16H,10H2,1H3. The topological polar surface area (TPSA) is 60.4 Å². The fraction of sp³-hybridized carbons (Fsp3) is 0.167. The minimum Gasteiger partial charge on any atom is -0.497 e. The minimum atomic E-state index is -1.20. The van der Waals surface area contributed by atoms with Gasteiger partial charge >= 0.3 is 0 Å². The Balaban J connectivity index is 1.85. The SMILES string of the molecule is COc1cccc(CC(=O)C2C(=O)c3ccccc3C2=O)c1. The molecule has 0 fully saturated rings. The number of carbonyl (C=O) groups is 3. The maximum Gasteiger partial charge on any atom is 0.181 e. The zero-order valence-corrected chi connectivity index (χ0v) is 12.0. The van der Waals surface area contributed by atoms with Gasteiger partial charge in [-0.3, -0.25) is 14.4 Å². The summed E-state index contributed by atoms with van der Waals surface area (Å²) in [5.74, 6) is -1.73. The predicted octanol–water partition coefficient (Wildman–Crippen LogP) is 2.50.